The lowest BCUT2D eigenvalue weighted by Gasteiger charge is -2.02. The molecule has 2 aromatic rings. The van der Waals surface area contributed by atoms with Crippen molar-refractivity contribution in [1.29, 1.82) is 0 Å². The number of hydrogen-bond donors (Lipinski definition) is 1. The molecule has 18 heavy (non-hydrogen) atoms. The van der Waals surface area contributed by atoms with Gasteiger partial charge in [0.25, 0.3) is 0 Å². The first-order valence-corrected chi connectivity index (χ1v) is 6.01. The summed E-state index contributed by atoms with van der Waals surface area (Å²) in [6.07, 6.45) is 2.21. The van der Waals surface area contributed by atoms with Crippen molar-refractivity contribution >= 4 is 0 Å². The lowest BCUT2D eigenvalue weighted by atomic mass is 10.1. The molecule has 2 N–H and O–H groups in total. The summed E-state index contributed by atoms with van der Waals surface area (Å²) < 4.78 is 18.1. The Morgan fingerprint density at radius 3 is 3.00 bits per heavy atom. The molecule has 0 saturated carbocycles. The van der Waals surface area contributed by atoms with E-state index in [1.54, 1.807) is 6.07 Å². The molecule has 0 radical (unpaired) electrons. The predicted molar refractivity (Wildman–Crippen MR) is 65.3 cm³/mol. The lowest BCUT2D eigenvalue weighted by Crippen LogP contribution is -2.10. The molecule has 0 amide bonds. The maximum absolute atomic E-state index is 13.0. The smallest absolute Gasteiger partial charge is 0.243 e. The molecule has 1 aromatic carbocycles. The minimum Gasteiger partial charge on any atom is -0.338 e. The zero-order valence-electron chi connectivity index (χ0n) is 10.3. The molecular weight excluding hydrogens is 233 g/mol. The number of halogens is 1. The summed E-state index contributed by atoms with van der Waals surface area (Å²) in [6, 6.07) is 6.13. The Morgan fingerprint density at radius 2 is 2.28 bits per heavy atom. The van der Waals surface area contributed by atoms with Crippen LogP contribution in [0, 0.1) is 5.82 Å². The van der Waals surface area contributed by atoms with Crippen molar-refractivity contribution in [2.24, 2.45) is 5.73 Å². The highest BCUT2D eigenvalue weighted by atomic mass is 19.1. The van der Waals surface area contributed by atoms with Gasteiger partial charge in [-0.1, -0.05) is 30.6 Å². The molecule has 0 aliphatic rings. The molecule has 1 unspecified atom stereocenters. The average Bonchev–Trinajstić information content (AvgIpc) is 2.78. The van der Waals surface area contributed by atoms with E-state index in [2.05, 4.69) is 10.1 Å². The highest BCUT2D eigenvalue weighted by molar-refractivity contribution is 5.19. The van der Waals surface area contributed by atoms with Crippen LogP contribution in [0.4, 0.5) is 4.39 Å². The Labute approximate surface area is 105 Å². The first kappa shape index (κ1) is 12.7. The van der Waals surface area contributed by atoms with Gasteiger partial charge in [-0.15, -0.1) is 0 Å². The second-order valence-electron chi connectivity index (χ2n) is 4.25. The second kappa shape index (κ2) is 5.73. The first-order valence-electron chi connectivity index (χ1n) is 6.01. The maximum atomic E-state index is 13.0. The quantitative estimate of drug-likeness (QED) is 0.884. The van der Waals surface area contributed by atoms with Gasteiger partial charge < -0.3 is 10.3 Å². The lowest BCUT2D eigenvalue weighted by molar-refractivity contribution is 0.345. The molecule has 1 atom stereocenters. The van der Waals surface area contributed by atoms with Crippen LogP contribution in [0.1, 0.15) is 43.1 Å². The van der Waals surface area contributed by atoms with Gasteiger partial charge in [0.1, 0.15) is 5.82 Å². The minimum atomic E-state index is -0.265. The average molecular weight is 249 g/mol. The summed E-state index contributed by atoms with van der Waals surface area (Å²) in [6.45, 7) is 2.05. The van der Waals surface area contributed by atoms with Gasteiger partial charge in [-0.05, 0) is 24.1 Å². The fourth-order valence-electron chi connectivity index (χ4n) is 1.75. The Kier molecular flexibility index (Phi) is 4.04. The second-order valence-corrected chi connectivity index (χ2v) is 4.25. The topological polar surface area (TPSA) is 64.9 Å². The number of hydrogen-bond acceptors (Lipinski definition) is 4. The van der Waals surface area contributed by atoms with E-state index >= 15 is 0 Å². The van der Waals surface area contributed by atoms with E-state index in [0.29, 0.717) is 18.1 Å². The van der Waals surface area contributed by atoms with Crippen LogP contribution >= 0.6 is 0 Å². The van der Waals surface area contributed by atoms with E-state index in [4.69, 9.17) is 10.3 Å². The molecular formula is C13H16FN3O. The number of nitrogens with zero attached hydrogens (tertiary/aromatic N) is 2. The van der Waals surface area contributed by atoms with Crippen LogP contribution in [0.2, 0.25) is 0 Å². The maximum Gasteiger partial charge on any atom is 0.243 e. The van der Waals surface area contributed by atoms with Gasteiger partial charge in [-0.3, -0.25) is 0 Å². The monoisotopic (exact) mass is 249 g/mol. The SMILES string of the molecule is CCCC(N)c1nc(Cc2cccc(F)c2)no1. The van der Waals surface area contributed by atoms with Crippen molar-refractivity contribution < 1.29 is 8.91 Å². The number of benzene rings is 1. The molecule has 0 bridgehead atoms. The third-order valence-electron chi connectivity index (χ3n) is 2.65. The van der Waals surface area contributed by atoms with E-state index < -0.39 is 0 Å². The van der Waals surface area contributed by atoms with Crippen LogP contribution in [0.3, 0.4) is 0 Å². The molecule has 0 fully saturated rings. The van der Waals surface area contributed by atoms with Gasteiger partial charge in [0, 0.05) is 6.42 Å². The fraction of sp³-hybridized carbons (Fsp3) is 0.385. The summed E-state index contributed by atoms with van der Waals surface area (Å²) in [5.74, 6) is 0.712. The van der Waals surface area contributed by atoms with Crippen molar-refractivity contribution in [1.82, 2.24) is 10.1 Å². The molecule has 2 rings (SSSR count). The van der Waals surface area contributed by atoms with Crippen molar-refractivity contribution in [3.05, 3.63) is 47.4 Å². The number of rotatable bonds is 5. The van der Waals surface area contributed by atoms with Crippen LogP contribution < -0.4 is 5.73 Å². The van der Waals surface area contributed by atoms with Gasteiger partial charge in [0.05, 0.1) is 6.04 Å². The predicted octanol–water partition coefficient (Wildman–Crippen LogP) is 2.60. The summed E-state index contributed by atoms with van der Waals surface area (Å²) in [5, 5.41) is 3.86. The van der Waals surface area contributed by atoms with E-state index in [-0.39, 0.29) is 11.9 Å². The van der Waals surface area contributed by atoms with E-state index in [0.717, 1.165) is 18.4 Å². The summed E-state index contributed by atoms with van der Waals surface area (Å²) in [7, 11) is 0. The van der Waals surface area contributed by atoms with Crippen LogP contribution in [0.25, 0.3) is 0 Å². The molecule has 0 aliphatic carbocycles. The van der Waals surface area contributed by atoms with Crippen LogP contribution in [-0.4, -0.2) is 10.1 Å². The molecule has 0 saturated heterocycles. The molecule has 1 aromatic heterocycles. The van der Waals surface area contributed by atoms with Gasteiger partial charge >= 0.3 is 0 Å². The van der Waals surface area contributed by atoms with Crippen molar-refractivity contribution in [2.45, 2.75) is 32.2 Å². The minimum absolute atomic E-state index is 0.219. The fourth-order valence-corrected chi connectivity index (χ4v) is 1.75. The van der Waals surface area contributed by atoms with Gasteiger partial charge in [0.15, 0.2) is 5.82 Å². The molecule has 0 aliphatic heterocycles. The zero-order chi connectivity index (χ0) is 13.0. The van der Waals surface area contributed by atoms with E-state index in [1.807, 2.05) is 13.0 Å². The standard InChI is InChI=1S/C13H16FN3O/c1-2-4-11(15)13-16-12(17-18-13)8-9-5-3-6-10(14)7-9/h3,5-7,11H,2,4,8,15H2,1H3. The Balaban J connectivity index is 2.06. The Hall–Kier alpha value is -1.75. The molecule has 4 nitrogen and oxygen atoms in total. The molecule has 96 valence electrons. The zero-order valence-corrected chi connectivity index (χ0v) is 10.3. The summed E-state index contributed by atoms with van der Waals surface area (Å²) in [4.78, 5) is 4.23. The molecule has 5 heteroatoms. The molecule has 0 spiro atoms. The third kappa shape index (κ3) is 3.13. The van der Waals surface area contributed by atoms with Crippen LogP contribution in [-0.2, 0) is 6.42 Å². The largest absolute Gasteiger partial charge is 0.338 e. The van der Waals surface area contributed by atoms with Gasteiger partial charge in [-0.2, -0.15) is 4.98 Å². The normalized spacial score (nSPS) is 12.6. The van der Waals surface area contributed by atoms with Crippen LogP contribution in [0.5, 0.6) is 0 Å². The number of aromatic nitrogens is 2. The highest BCUT2D eigenvalue weighted by Crippen LogP contribution is 2.15. The molecule has 1 heterocycles. The van der Waals surface area contributed by atoms with Gasteiger partial charge in [0.2, 0.25) is 5.89 Å². The summed E-state index contributed by atoms with van der Waals surface area (Å²) in [5.41, 5.74) is 6.69. The summed E-state index contributed by atoms with van der Waals surface area (Å²) >= 11 is 0. The van der Waals surface area contributed by atoms with Crippen LogP contribution in [0.15, 0.2) is 28.8 Å². The van der Waals surface area contributed by atoms with E-state index in [1.165, 1.54) is 12.1 Å². The van der Waals surface area contributed by atoms with Crippen molar-refractivity contribution in [3.63, 3.8) is 0 Å². The first-order chi connectivity index (χ1) is 8.69. The van der Waals surface area contributed by atoms with E-state index in [9.17, 15) is 4.39 Å². The third-order valence-corrected chi connectivity index (χ3v) is 2.65. The van der Waals surface area contributed by atoms with Crippen molar-refractivity contribution in [2.75, 3.05) is 0 Å². The number of nitrogens with two attached hydrogens (primary N) is 1. The Bertz CT molecular complexity index is 512. The van der Waals surface area contributed by atoms with Gasteiger partial charge in [-0.25, -0.2) is 4.39 Å². The Morgan fingerprint density at radius 1 is 1.44 bits per heavy atom. The van der Waals surface area contributed by atoms with Crippen molar-refractivity contribution in [3.8, 4) is 0 Å². The highest BCUT2D eigenvalue weighted by Gasteiger charge is 2.14.